The fraction of sp³-hybridized carbons (Fsp3) is 0.500. The zero-order valence-electron chi connectivity index (χ0n) is 10.5. The van der Waals surface area contributed by atoms with Crippen LogP contribution in [0.3, 0.4) is 0 Å². The SMILES string of the molecule is C=C/C=C\[C@H]1C(C)C=C2CCC=C[C@H]2C1CO. The predicted molar refractivity (Wildman–Crippen MR) is 72.5 cm³/mol. The van der Waals surface area contributed by atoms with Crippen molar-refractivity contribution in [2.75, 3.05) is 6.61 Å². The molecule has 0 radical (unpaired) electrons. The minimum atomic E-state index is 0.267. The van der Waals surface area contributed by atoms with Gasteiger partial charge in [0.05, 0.1) is 0 Å². The normalized spacial score (nSPS) is 36.7. The van der Waals surface area contributed by atoms with Gasteiger partial charge in [-0.2, -0.15) is 0 Å². The van der Waals surface area contributed by atoms with Crippen molar-refractivity contribution in [3.05, 3.63) is 48.6 Å². The van der Waals surface area contributed by atoms with E-state index < -0.39 is 0 Å². The standard InChI is InChI=1S/C16H22O/c1-3-4-8-14-12(2)10-13-7-5-6-9-15(13)16(14)11-17/h3-4,6,8-10,12,14-17H,1,5,7,11H2,2H3/b8-4-/t12?,14-,15+,16?/m0/s1. The Labute approximate surface area is 104 Å². The average Bonchev–Trinajstić information content (AvgIpc) is 2.35. The van der Waals surface area contributed by atoms with E-state index in [9.17, 15) is 5.11 Å². The van der Waals surface area contributed by atoms with Gasteiger partial charge in [-0.25, -0.2) is 0 Å². The van der Waals surface area contributed by atoms with Gasteiger partial charge in [-0.1, -0.05) is 55.5 Å². The van der Waals surface area contributed by atoms with Gasteiger partial charge in [-0.3, -0.25) is 0 Å². The third-order valence-corrected chi connectivity index (χ3v) is 4.09. The van der Waals surface area contributed by atoms with Gasteiger partial charge in [0.2, 0.25) is 0 Å². The summed E-state index contributed by atoms with van der Waals surface area (Å²) in [6.07, 6.45) is 15.3. The van der Waals surface area contributed by atoms with E-state index in [1.165, 1.54) is 12.0 Å². The molecule has 0 aliphatic heterocycles. The molecule has 4 atom stereocenters. The number of hydrogen-bond acceptors (Lipinski definition) is 1. The second-order valence-corrected chi connectivity index (χ2v) is 5.14. The van der Waals surface area contributed by atoms with Crippen molar-refractivity contribution in [3.8, 4) is 0 Å². The summed E-state index contributed by atoms with van der Waals surface area (Å²) in [6.45, 7) is 6.24. The molecule has 0 heterocycles. The van der Waals surface area contributed by atoms with Crippen molar-refractivity contribution in [3.63, 3.8) is 0 Å². The van der Waals surface area contributed by atoms with Crippen LogP contribution in [0.25, 0.3) is 0 Å². The fourth-order valence-corrected chi connectivity index (χ4v) is 3.23. The first kappa shape index (κ1) is 12.4. The Balaban J connectivity index is 2.29. The molecule has 0 fully saturated rings. The van der Waals surface area contributed by atoms with E-state index in [2.05, 4.69) is 37.8 Å². The lowest BCUT2D eigenvalue weighted by molar-refractivity contribution is 0.141. The molecule has 92 valence electrons. The molecule has 0 spiro atoms. The highest BCUT2D eigenvalue weighted by Crippen LogP contribution is 2.42. The first-order chi connectivity index (χ1) is 8.27. The van der Waals surface area contributed by atoms with Crippen LogP contribution in [0.2, 0.25) is 0 Å². The van der Waals surface area contributed by atoms with Crippen LogP contribution in [0.15, 0.2) is 48.6 Å². The van der Waals surface area contributed by atoms with Gasteiger partial charge >= 0.3 is 0 Å². The Morgan fingerprint density at radius 2 is 2.35 bits per heavy atom. The van der Waals surface area contributed by atoms with Gasteiger partial charge in [0.25, 0.3) is 0 Å². The second kappa shape index (κ2) is 5.50. The number of fused-ring (bicyclic) bond motifs is 1. The van der Waals surface area contributed by atoms with E-state index in [4.69, 9.17) is 0 Å². The van der Waals surface area contributed by atoms with Gasteiger partial charge < -0.3 is 5.11 Å². The third-order valence-electron chi connectivity index (χ3n) is 4.09. The van der Waals surface area contributed by atoms with Gasteiger partial charge in [0.15, 0.2) is 0 Å². The molecular weight excluding hydrogens is 208 g/mol. The molecule has 0 aromatic rings. The summed E-state index contributed by atoms with van der Waals surface area (Å²) in [6, 6.07) is 0. The molecule has 0 saturated heterocycles. The van der Waals surface area contributed by atoms with Crippen LogP contribution in [-0.4, -0.2) is 11.7 Å². The van der Waals surface area contributed by atoms with Crippen LogP contribution in [0.4, 0.5) is 0 Å². The molecule has 1 nitrogen and oxygen atoms in total. The van der Waals surface area contributed by atoms with Crippen molar-refractivity contribution in [2.24, 2.45) is 23.7 Å². The van der Waals surface area contributed by atoms with Gasteiger partial charge in [0, 0.05) is 12.5 Å². The van der Waals surface area contributed by atoms with Crippen molar-refractivity contribution in [2.45, 2.75) is 19.8 Å². The Hall–Kier alpha value is -1.08. The van der Waals surface area contributed by atoms with E-state index >= 15 is 0 Å². The Bertz CT molecular complexity index is 362. The molecule has 1 heteroatoms. The molecule has 0 bridgehead atoms. The van der Waals surface area contributed by atoms with Crippen molar-refractivity contribution in [1.29, 1.82) is 0 Å². The van der Waals surface area contributed by atoms with Crippen molar-refractivity contribution in [1.82, 2.24) is 0 Å². The van der Waals surface area contributed by atoms with E-state index in [0.29, 0.717) is 23.7 Å². The largest absolute Gasteiger partial charge is 0.396 e. The van der Waals surface area contributed by atoms with Crippen LogP contribution in [0.1, 0.15) is 19.8 Å². The van der Waals surface area contributed by atoms with Gasteiger partial charge in [-0.05, 0) is 30.6 Å². The highest BCUT2D eigenvalue weighted by Gasteiger charge is 2.35. The summed E-state index contributed by atoms with van der Waals surface area (Å²) >= 11 is 0. The van der Waals surface area contributed by atoms with Crippen LogP contribution in [0, 0.1) is 23.7 Å². The van der Waals surface area contributed by atoms with Crippen LogP contribution in [-0.2, 0) is 0 Å². The number of rotatable bonds is 3. The lowest BCUT2D eigenvalue weighted by Gasteiger charge is -2.40. The maximum absolute atomic E-state index is 9.70. The Morgan fingerprint density at radius 3 is 3.06 bits per heavy atom. The molecule has 0 aromatic carbocycles. The minimum Gasteiger partial charge on any atom is -0.396 e. The van der Waals surface area contributed by atoms with E-state index in [1.807, 2.05) is 12.2 Å². The molecule has 2 aliphatic carbocycles. The topological polar surface area (TPSA) is 20.2 Å². The van der Waals surface area contributed by atoms with Crippen LogP contribution >= 0.6 is 0 Å². The minimum absolute atomic E-state index is 0.267. The first-order valence-electron chi connectivity index (χ1n) is 6.55. The monoisotopic (exact) mass is 230 g/mol. The molecule has 17 heavy (non-hydrogen) atoms. The third kappa shape index (κ3) is 2.44. The fourth-order valence-electron chi connectivity index (χ4n) is 3.23. The van der Waals surface area contributed by atoms with Gasteiger partial charge in [-0.15, -0.1) is 0 Å². The molecule has 0 amide bonds. The zero-order valence-corrected chi connectivity index (χ0v) is 10.5. The number of hydrogen-bond donors (Lipinski definition) is 1. The summed E-state index contributed by atoms with van der Waals surface area (Å²) in [5, 5.41) is 9.70. The molecule has 2 aliphatic rings. The lowest BCUT2D eigenvalue weighted by atomic mass is 9.65. The predicted octanol–water partition coefficient (Wildman–Crippen LogP) is 3.50. The molecule has 0 saturated carbocycles. The van der Waals surface area contributed by atoms with E-state index in [-0.39, 0.29) is 6.61 Å². The smallest absolute Gasteiger partial charge is 0.0473 e. The Kier molecular flexibility index (Phi) is 4.01. The molecule has 0 aromatic heterocycles. The quantitative estimate of drug-likeness (QED) is 0.581. The highest BCUT2D eigenvalue weighted by atomic mass is 16.3. The number of aliphatic hydroxyl groups excluding tert-OH is 1. The molecule has 2 rings (SSSR count). The summed E-state index contributed by atoms with van der Waals surface area (Å²) < 4.78 is 0. The molecular formula is C16H22O. The van der Waals surface area contributed by atoms with Crippen molar-refractivity contribution < 1.29 is 5.11 Å². The average molecular weight is 230 g/mol. The Morgan fingerprint density at radius 1 is 1.53 bits per heavy atom. The summed E-state index contributed by atoms with van der Waals surface area (Å²) in [5.74, 6) is 1.72. The molecule has 1 N–H and O–H groups in total. The van der Waals surface area contributed by atoms with Crippen LogP contribution < -0.4 is 0 Å². The van der Waals surface area contributed by atoms with Crippen molar-refractivity contribution >= 4 is 0 Å². The van der Waals surface area contributed by atoms with E-state index in [0.717, 1.165) is 6.42 Å². The maximum Gasteiger partial charge on any atom is 0.0473 e. The number of allylic oxidation sites excluding steroid dienone is 7. The van der Waals surface area contributed by atoms with E-state index in [1.54, 1.807) is 0 Å². The van der Waals surface area contributed by atoms with Crippen LogP contribution in [0.5, 0.6) is 0 Å². The lowest BCUT2D eigenvalue weighted by Crippen LogP contribution is -2.34. The number of aliphatic hydroxyl groups is 1. The van der Waals surface area contributed by atoms with Gasteiger partial charge in [0.1, 0.15) is 0 Å². The second-order valence-electron chi connectivity index (χ2n) is 5.14. The molecule has 2 unspecified atom stereocenters. The zero-order chi connectivity index (χ0) is 12.3. The first-order valence-corrected chi connectivity index (χ1v) is 6.55. The highest BCUT2D eigenvalue weighted by molar-refractivity contribution is 5.26. The summed E-state index contributed by atoms with van der Waals surface area (Å²) in [5.41, 5.74) is 1.53. The summed E-state index contributed by atoms with van der Waals surface area (Å²) in [4.78, 5) is 0. The summed E-state index contributed by atoms with van der Waals surface area (Å²) in [7, 11) is 0. The maximum atomic E-state index is 9.70.